The van der Waals surface area contributed by atoms with E-state index in [1.54, 1.807) is 52.4 Å². The smallest absolute Gasteiger partial charge is 0.326 e. The number of phenols is 1. The van der Waals surface area contributed by atoms with Crippen LogP contribution in [0, 0.1) is 11.8 Å². The number of para-hydroxylation sites is 2. The number of nitrogens with one attached hydrogen (secondary N) is 13. The van der Waals surface area contributed by atoms with E-state index in [0.29, 0.717) is 55.3 Å². The highest BCUT2D eigenvalue weighted by molar-refractivity contribution is 6.01. The number of carboxylic acid groups (broad SMARTS) is 1. The SMILES string of the molecule is CCCC[C@H](NC(=O)[C@@H]1CCCN1C(=O)[C@H](CCC(N)=O)NC(=O)[C@@H](C)NC(=O)[C@@H]1CCCN1C(=O)[C@H](CCCCN)NC(=O)[C@H](CC(C)C)NC(=O)[C@H](CCC(N)=O)NC(=O)[C@H](CC(C)C)NC(=O)[C@H](Cc1c[nH]c2ccccc12)NC(=O)[C@H](Cc1c[nH]cn1)NC(=O)[C@@H](N)Cc1c[nH]c2ccccc12)C(=O)N[C@@H](Cc1ccc(O)cc1)C(=O)O. The van der Waals surface area contributed by atoms with Gasteiger partial charge in [0, 0.05) is 85.6 Å². The predicted molar refractivity (Wildman–Crippen MR) is 446 cm³/mol. The van der Waals surface area contributed by atoms with E-state index in [0.717, 1.165) is 27.4 Å². The summed E-state index contributed by atoms with van der Waals surface area (Å²) in [6.07, 6.45) is 7.26. The van der Waals surface area contributed by atoms with Gasteiger partial charge in [0.2, 0.25) is 82.7 Å². The lowest BCUT2D eigenvalue weighted by Crippen LogP contribution is -2.61. The van der Waals surface area contributed by atoms with E-state index in [1.807, 2.05) is 49.4 Å². The molecule has 0 saturated carbocycles. The van der Waals surface area contributed by atoms with Crippen LogP contribution in [-0.2, 0) is 97.6 Å². The van der Waals surface area contributed by atoms with Crippen LogP contribution in [0.4, 0.5) is 0 Å². The van der Waals surface area contributed by atoms with E-state index in [4.69, 9.17) is 22.9 Å². The fourth-order valence-corrected chi connectivity index (χ4v) is 15.0. The summed E-state index contributed by atoms with van der Waals surface area (Å²) in [4.78, 5) is 227. The number of aliphatic carboxylic acids is 1. The van der Waals surface area contributed by atoms with E-state index >= 15 is 4.79 Å². The number of amides is 14. The van der Waals surface area contributed by atoms with Crippen LogP contribution in [0.1, 0.15) is 167 Å². The second-order valence-electron chi connectivity index (χ2n) is 32.1. The Balaban J connectivity index is 0.935. The number of unbranched alkanes of at least 4 members (excludes halogenated alkanes) is 2. The summed E-state index contributed by atoms with van der Waals surface area (Å²) in [6.45, 7) is 10.6. The molecule has 2 fully saturated rings. The molecular formula is C84H118N20O17. The van der Waals surface area contributed by atoms with Crippen LogP contribution in [0.5, 0.6) is 5.75 Å². The number of fused-ring (bicyclic) bond motifs is 2. The Kier molecular flexibility index (Phi) is 35.6. The highest BCUT2D eigenvalue weighted by Crippen LogP contribution is 2.26. The van der Waals surface area contributed by atoms with Gasteiger partial charge in [-0.2, -0.15) is 0 Å². The Morgan fingerprint density at radius 3 is 1.43 bits per heavy atom. The van der Waals surface area contributed by atoms with Gasteiger partial charge in [-0.05, 0) is 150 Å². The number of carboxylic acids is 1. The number of imidazole rings is 1. The van der Waals surface area contributed by atoms with Crippen molar-refractivity contribution < 1.29 is 82.1 Å². The van der Waals surface area contributed by atoms with Crippen LogP contribution in [0.15, 0.2) is 97.7 Å². The molecule has 14 amide bonds. The number of aromatic hydroxyl groups is 1. The second kappa shape index (κ2) is 45.8. The van der Waals surface area contributed by atoms with Crippen molar-refractivity contribution in [2.24, 2.45) is 34.8 Å². The third kappa shape index (κ3) is 27.9. The molecule has 2 aliphatic heterocycles. The lowest BCUT2D eigenvalue weighted by atomic mass is 9.99. The first-order valence-corrected chi connectivity index (χ1v) is 41.5. The maximum absolute atomic E-state index is 15.1. The number of likely N-dealkylation sites (tertiary alicyclic amines) is 2. The summed E-state index contributed by atoms with van der Waals surface area (Å²) in [5, 5.41) is 48.4. The molecule has 8 rings (SSSR count). The van der Waals surface area contributed by atoms with Gasteiger partial charge in [-0.15, -0.1) is 0 Å². The minimum Gasteiger partial charge on any atom is -0.508 e. The number of nitrogens with zero attached hydrogens (tertiary/aromatic N) is 3. The topological polar surface area (TPSA) is 588 Å². The molecule has 656 valence electrons. The Hall–Kier alpha value is -12.3. The van der Waals surface area contributed by atoms with Gasteiger partial charge < -0.3 is 111 Å². The van der Waals surface area contributed by atoms with Crippen molar-refractivity contribution in [1.82, 2.24) is 82.9 Å². The van der Waals surface area contributed by atoms with E-state index in [1.165, 1.54) is 47.3 Å². The van der Waals surface area contributed by atoms with Crippen molar-refractivity contribution in [3.8, 4) is 5.75 Å². The molecule has 3 aromatic heterocycles. The third-order valence-electron chi connectivity index (χ3n) is 21.5. The van der Waals surface area contributed by atoms with Crippen molar-refractivity contribution in [2.45, 2.75) is 249 Å². The van der Waals surface area contributed by atoms with Gasteiger partial charge in [0.15, 0.2) is 0 Å². The molecule has 2 saturated heterocycles. The van der Waals surface area contributed by atoms with Crippen LogP contribution in [0.2, 0.25) is 0 Å². The van der Waals surface area contributed by atoms with Crippen molar-refractivity contribution in [3.05, 3.63) is 120 Å². The summed E-state index contributed by atoms with van der Waals surface area (Å²) < 4.78 is 0. The Morgan fingerprint density at radius 2 is 0.917 bits per heavy atom. The lowest BCUT2D eigenvalue weighted by Gasteiger charge is -2.31. The number of aromatic nitrogens is 4. The summed E-state index contributed by atoms with van der Waals surface area (Å²) in [6, 6.07) is 3.05. The molecule has 0 aliphatic carbocycles. The third-order valence-corrected chi connectivity index (χ3v) is 21.5. The number of aromatic amines is 3. The predicted octanol–water partition coefficient (Wildman–Crippen LogP) is 0.553. The number of carbonyl (C=O) groups excluding carboxylic acids is 14. The van der Waals surface area contributed by atoms with Gasteiger partial charge in [-0.3, -0.25) is 67.1 Å². The second-order valence-corrected chi connectivity index (χ2v) is 32.1. The van der Waals surface area contributed by atoms with Crippen LogP contribution in [-0.4, -0.2) is 227 Å². The monoisotopic (exact) mass is 1680 g/mol. The zero-order valence-corrected chi connectivity index (χ0v) is 69.3. The van der Waals surface area contributed by atoms with Crippen molar-refractivity contribution in [3.63, 3.8) is 0 Å². The average Bonchev–Trinajstić information content (AvgIpc) is 1.70. The largest absolute Gasteiger partial charge is 0.508 e. The number of nitrogens with two attached hydrogens (primary N) is 4. The van der Waals surface area contributed by atoms with Crippen LogP contribution < -0.4 is 76.1 Å². The van der Waals surface area contributed by atoms with Gasteiger partial charge in [-0.25, -0.2) is 9.78 Å². The van der Waals surface area contributed by atoms with Gasteiger partial charge in [0.05, 0.1) is 18.1 Å². The maximum atomic E-state index is 15.1. The van der Waals surface area contributed by atoms with Crippen molar-refractivity contribution >= 4 is 110 Å². The number of hydrogen-bond donors (Lipinski definition) is 19. The molecule has 2 aliphatic rings. The molecule has 37 nitrogen and oxygen atoms in total. The molecule has 0 radical (unpaired) electrons. The van der Waals surface area contributed by atoms with Crippen LogP contribution in [0.25, 0.3) is 21.8 Å². The number of benzene rings is 3. The van der Waals surface area contributed by atoms with E-state index in [-0.39, 0.29) is 114 Å². The zero-order valence-electron chi connectivity index (χ0n) is 69.3. The Labute approximate surface area is 701 Å². The number of rotatable bonds is 48. The molecule has 0 spiro atoms. The highest BCUT2D eigenvalue weighted by atomic mass is 16.4. The van der Waals surface area contributed by atoms with Crippen molar-refractivity contribution in [2.75, 3.05) is 19.6 Å². The quantitative estimate of drug-likeness (QED) is 0.0232. The number of hydrogen-bond acceptors (Lipinski definition) is 19. The maximum Gasteiger partial charge on any atom is 0.326 e. The molecule has 0 unspecified atom stereocenters. The number of phenolic OH excluding ortho intramolecular Hbond substituents is 1. The lowest BCUT2D eigenvalue weighted by molar-refractivity contribution is -0.144. The van der Waals surface area contributed by atoms with E-state index in [2.05, 4.69) is 73.1 Å². The van der Waals surface area contributed by atoms with Gasteiger partial charge in [0.25, 0.3) is 0 Å². The number of primary amides is 2. The van der Waals surface area contributed by atoms with Gasteiger partial charge in [0.1, 0.15) is 78.3 Å². The summed E-state index contributed by atoms with van der Waals surface area (Å²) >= 11 is 0. The Bertz CT molecular complexity index is 4590. The first kappa shape index (κ1) is 94.2. The number of carbonyl (C=O) groups is 15. The number of H-pyrrole nitrogens is 3. The van der Waals surface area contributed by atoms with Gasteiger partial charge in [-0.1, -0.05) is 96.0 Å². The molecule has 6 aromatic rings. The van der Waals surface area contributed by atoms with E-state index in [9.17, 15) is 77.3 Å². The summed E-state index contributed by atoms with van der Waals surface area (Å²) in [5.74, 6) is -13.2. The molecule has 0 bridgehead atoms. The summed E-state index contributed by atoms with van der Waals surface area (Å²) in [7, 11) is 0. The van der Waals surface area contributed by atoms with E-state index < -0.39 is 180 Å². The average molecular weight is 1680 g/mol. The molecule has 13 atom stereocenters. The zero-order chi connectivity index (χ0) is 88.1. The molecule has 23 N–H and O–H groups in total. The molecule has 37 heteroatoms. The molecule has 5 heterocycles. The van der Waals surface area contributed by atoms with Crippen LogP contribution in [0.3, 0.4) is 0 Å². The highest BCUT2D eigenvalue weighted by Gasteiger charge is 2.43. The minimum absolute atomic E-state index is 0.00954. The summed E-state index contributed by atoms with van der Waals surface area (Å²) in [5.41, 5.74) is 27.5. The van der Waals surface area contributed by atoms with Crippen molar-refractivity contribution in [1.29, 1.82) is 0 Å². The first-order valence-electron chi connectivity index (χ1n) is 41.5. The van der Waals surface area contributed by atoms with Crippen LogP contribution >= 0.6 is 0 Å². The molecule has 121 heavy (non-hydrogen) atoms. The molecular weight excluding hydrogens is 1560 g/mol. The molecule has 3 aromatic carbocycles. The fourth-order valence-electron chi connectivity index (χ4n) is 15.0. The normalized spacial score (nSPS) is 16.7. The first-order chi connectivity index (χ1) is 57.7. The standard InChI is InChI=1S/C84H118N20O17/c1-7-8-19-59(74(110)102-67(84(120)121)38-49-25-27-53(105)28-26-49)95-81(117)69-24-16-35-104(69)83(119)62(30-32-71(88)107)96-72(108)48(6)93-80(116)68-23-15-34-103(68)82(118)61(22-13-14-33-85)97-77(113)64(37-47(4)5)99-75(111)60(29-31-70(87)106)94-76(112)63(36-46(2)3)100-78(114)65(40-51-43-91-58-21-12-10-18-55(51)58)101-79(115)66(41-52-44-89-45-92-52)98-73(109)56(86)39-50-42-90-57-20-11-9-17-54(50)57/h9-12,17-18,20-21,25-28,42-48,56,59-69,90-91,105H,7-8,13-16,19,22-24,29-41,85-86H2,1-6H3,(H2,87,106)(H2,88,107)(H,89,92)(H,93,116)(H,94,112)(H,95,117)(H,96,108)(H,97,113)(H,98,109)(H,99,111)(H,100,114)(H,101,115)(H,102,110)(H,120,121)/t48-,56+,59+,60+,61+,62+,63+,64+,65+,66+,67+,68+,69+/m1/s1. The fraction of sp³-hybridized carbons (Fsp3) is 0.524. The Morgan fingerprint density at radius 1 is 0.479 bits per heavy atom. The van der Waals surface area contributed by atoms with Gasteiger partial charge >= 0.3 is 5.97 Å². The minimum atomic E-state index is -1.58.